The summed E-state index contributed by atoms with van der Waals surface area (Å²) in [6.07, 6.45) is 8.92. The van der Waals surface area contributed by atoms with Crippen molar-refractivity contribution in [3.8, 4) is 0 Å². The average Bonchev–Trinajstić information content (AvgIpc) is 2.50. The van der Waals surface area contributed by atoms with E-state index in [9.17, 15) is 4.79 Å². The number of benzene rings is 1. The third kappa shape index (κ3) is 5.55. The Balaban J connectivity index is 1.62. The predicted octanol–water partition coefficient (Wildman–Crippen LogP) is 4.11. The highest BCUT2D eigenvalue weighted by Gasteiger charge is 2.05. The van der Waals surface area contributed by atoms with Crippen LogP contribution in [-0.4, -0.2) is 19.0 Å². The van der Waals surface area contributed by atoms with Gasteiger partial charge in [0, 0.05) is 25.2 Å². The van der Waals surface area contributed by atoms with Gasteiger partial charge in [0.05, 0.1) is 0 Å². The highest BCUT2D eigenvalue weighted by Crippen LogP contribution is 2.19. The van der Waals surface area contributed by atoms with Crippen LogP contribution in [-0.2, 0) is 4.79 Å². The number of hydrogen-bond donors (Lipinski definition) is 2. The van der Waals surface area contributed by atoms with Crippen LogP contribution in [0.25, 0.3) is 0 Å². The predicted molar refractivity (Wildman–Crippen MR) is 93.2 cm³/mol. The van der Waals surface area contributed by atoms with Gasteiger partial charge < -0.3 is 10.6 Å². The number of carbonyl (C=O) groups excluding carboxylic acids is 1. The molecular weight excluding hydrogens is 272 g/mol. The van der Waals surface area contributed by atoms with Gasteiger partial charge >= 0.3 is 0 Å². The summed E-state index contributed by atoms with van der Waals surface area (Å²) in [6.45, 7) is 5.63. The summed E-state index contributed by atoms with van der Waals surface area (Å²) in [5.41, 5.74) is 5.12. The molecular formula is C19H28N2O. The van der Waals surface area contributed by atoms with Crippen molar-refractivity contribution in [3.63, 3.8) is 0 Å². The molecule has 0 unspecified atom stereocenters. The third-order valence-electron chi connectivity index (χ3n) is 4.20. The van der Waals surface area contributed by atoms with Gasteiger partial charge in [0.2, 0.25) is 5.91 Å². The lowest BCUT2D eigenvalue weighted by Gasteiger charge is -2.13. The summed E-state index contributed by atoms with van der Waals surface area (Å²) in [5, 5.41) is 6.36. The van der Waals surface area contributed by atoms with Gasteiger partial charge in [0.1, 0.15) is 0 Å². The van der Waals surface area contributed by atoms with Crippen molar-refractivity contribution in [3.05, 3.63) is 41.0 Å². The first-order valence-electron chi connectivity index (χ1n) is 8.41. The lowest BCUT2D eigenvalue weighted by Crippen LogP contribution is -2.26. The smallest absolute Gasteiger partial charge is 0.221 e. The Hall–Kier alpha value is -1.77. The van der Waals surface area contributed by atoms with E-state index < -0.39 is 0 Å². The molecule has 1 aliphatic carbocycles. The van der Waals surface area contributed by atoms with Gasteiger partial charge in [-0.2, -0.15) is 0 Å². The van der Waals surface area contributed by atoms with E-state index in [1.165, 1.54) is 42.4 Å². The number of anilines is 1. The molecule has 0 spiro atoms. The van der Waals surface area contributed by atoms with Gasteiger partial charge in [-0.1, -0.05) is 29.3 Å². The van der Waals surface area contributed by atoms with E-state index >= 15 is 0 Å². The molecule has 0 heterocycles. The highest BCUT2D eigenvalue weighted by molar-refractivity contribution is 5.76. The van der Waals surface area contributed by atoms with Gasteiger partial charge in [-0.3, -0.25) is 4.79 Å². The van der Waals surface area contributed by atoms with Gasteiger partial charge in [-0.15, -0.1) is 0 Å². The van der Waals surface area contributed by atoms with Crippen molar-refractivity contribution in [2.75, 3.05) is 18.4 Å². The second kappa shape index (κ2) is 8.62. The molecule has 1 aromatic carbocycles. The molecule has 0 radical (unpaired) electrons. The van der Waals surface area contributed by atoms with Crippen LogP contribution in [0.15, 0.2) is 29.8 Å². The van der Waals surface area contributed by atoms with Crippen LogP contribution in [0.2, 0.25) is 0 Å². The van der Waals surface area contributed by atoms with Crippen LogP contribution >= 0.6 is 0 Å². The standard InChI is InChI=1S/C19H28N2O/c1-15-8-9-18(16(2)14-15)20-13-11-19(22)21-12-10-17-6-4-3-5-7-17/h6,8-9,14,20H,3-5,7,10-13H2,1-2H3,(H,21,22). The second-order valence-electron chi connectivity index (χ2n) is 6.20. The number of hydrogen-bond acceptors (Lipinski definition) is 2. The highest BCUT2D eigenvalue weighted by atomic mass is 16.1. The molecule has 1 aliphatic rings. The first-order valence-corrected chi connectivity index (χ1v) is 8.41. The maximum absolute atomic E-state index is 11.8. The third-order valence-corrected chi connectivity index (χ3v) is 4.20. The molecule has 2 N–H and O–H groups in total. The van der Waals surface area contributed by atoms with Gasteiger partial charge in [0.15, 0.2) is 0 Å². The average molecular weight is 300 g/mol. The zero-order chi connectivity index (χ0) is 15.8. The normalized spacial score (nSPS) is 14.4. The first kappa shape index (κ1) is 16.6. The minimum atomic E-state index is 0.133. The minimum absolute atomic E-state index is 0.133. The fraction of sp³-hybridized carbons (Fsp3) is 0.526. The summed E-state index contributed by atoms with van der Waals surface area (Å²) < 4.78 is 0. The largest absolute Gasteiger partial charge is 0.384 e. The first-order chi connectivity index (χ1) is 10.6. The van der Waals surface area contributed by atoms with Crippen LogP contribution in [0.1, 0.15) is 49.7 Å². The van der Waals surface area contributed by atoms with Crippen LogP contribution in [0.5, 0.6) is 0 Å². The molecule has 0 aromatic heterocycles. The Kier molecular flexibility index (Phi) is 6.50. The fourth-order valence-electron chi connectivity index (χ4n) is 2.91. The van der Waals surface area contributed by atoms with E-state index in [-0.39, 0.29) is 5.91 Å². The van der Waals surface area contributed by atoms with Crippen molar-refractivity contribution < 1.29 is 4.79 Å². The SMILES string of the molecule is Cc1ccc(NCCC(=O)NCCC2=CCCCC2)c(C)c1. The molecule has 0 fully saturated rings. The van der Waals surface area contributed by atoms with E-state index in [4.69, 9.17) is 0 Å². The molecule has 0 bridgehead atoms. The Morgan fingerprint density at radius 3 is 2.77 bits per heavy atom. The number of allylic oxidation sites excluding steroid dienone is 1. The second-order valence-corrected chi connectivity index (χ2v) is 6.20. The molecule has 3 nitrogen and oxygen atoms in total. The van der Waals surface area contributed by atoms with Crippen LogP contribution in [0.4, 0.5) is 5.69 Å². The van der Waals surface area contributed by atoms with Crippen molar-refractivity contribution in [2.45, 2.75) is 52.4 Å². The Bertz CT molecular complexity index is 534. The molecule has 0 saturated carbocycles. The molecule has 22 heavy (non-hydrogen) atoms. The molecule has 1 amide bonds. The van der Waals surface area contributed by atoms with E-state index in [1.54, 1.807) is 0 Å². The van der Waals surface area contributed by atoms with Gasteiger partial charge in [0.25, 0.3) is 0 Å². The Labute approximate surface area is 134 Å². The number of rotatable bonds is 7. The topological polar surface area (TPSA) is 41.1 Å². The minimum Gasteiger partial charge on any atom is -0.384 e. The number of amides is 1. The molecule has 120 valence electrons. The van der Waals surface area contributed by atoms with Crippen molar-refractivity contribution >= 4 is 11.6 Å². The summed E-state index contributed by atoms with van der Waals surface area (Å²) >= 11 is 0. The zero-order valence-corrected chi connectivity index (χ0v) is 13.9. The Morgan fingerprint density at radius 2 is 2.05 bits per heavy atom. The maximum atomic E-state index is 11.8. The molecule has 2 rings (SSSR count). The quantitative estimate of drug-likeness (QED) is 0.744. The molecule has 3 heteroatoms. The fourth-order valence-corrected chi connectivity index (χ4v) is 2.91. The molecule has 1 aromatic rings. The summed E-state index contributed by atoms with van der Waals surface area (Å²) in [5.74, 6) is 0.133. The number of nitrogens with one attached hydrogen (secondary N) is 2. The van der Waals surface area contributed by atoms with Crippen LogP contribution in [0.3, 0.4) is 0 Å². The van der Waals surface area contributed by atoms with Crippen LogP contribution < -0.4 is 10.6 Å². The lowest BCUT2D eigenvalue weighted by atomic mass is 9.97. The summed E-state index contributed by atoms with van der Waals surface area (Å²) in [7, 11) is 0. The van der Waals surface area contributed by atoms with E-state index in [0.717, 1.165) is 18.7 Å². The summed E-state index contributed by atoms with van der Waals surface area (Å²) in [4.78, 5) is 11.8. The number of carbonyl (C=O) groups is 1. The van der Waals surface area contributed by atoms with Crippen molar-refractivity contribution in [2.24, 2.45) is 0 Å². The zero-order valence-electron chi connectivity index (χ0n) is 13.9. The Morgan fingerprint density at radius 1 is 1.18 bits per heavy atom. The van der Waals surface area contributed by atoms with Gasteiger partial charge in [-0.25, -0.2) is 0 Å². The summed E-state index contributed by atoms with van der Waals surface area (Å²) in [6, 6.07) is 6.33. The lowest BCUT2D eigenvalue weighted by molar-refractivity contribution is -0.120. The molecule has 0 aliphatic heterocycles. The van der Waals surface area contributed by atoms with E-state index in [1.807, 2.05) is 0 Å². The molecule has 0 atom stereocenters. The van der Waals surface area contributed by atoms with E-state index in [2.05, 4.69) is 48.8 Å². The maximum Gasteiger partial charge on any atom is 0.221 e. The number of aryl methyl sites for hydroxylation is 2. The van der Waals surface area contributed by atoms with Crippen molar-refractivity contribution in [1.82, 2.24) is 5.32 Å². The monoisotopic (exact) mass is 300 g/mol. The van der Waals surface area contributed by atoms with Gasteiger partial charge in [-0.05, 0) is 57.6 Å². The van der Waals surface area contributed by atoms with E-state index in [0.29, 0.717) is 13.0 Å². The van der Waals surface area contributed by atoms with Crippen LogP contribution in [0, 0.1) is 13.8 Å². The molecule has 0 saturated heterocycles. The van der Waals surface area contributed by atoms with Crippen molar-refractivity contribution in [1.29, 1.82) is 0 Å².